The van der Waals surface area contributed by atoms with Crippen LogP contribution in [0.1, 0.15) is 194 Å². The van der Waals surface area contributed by atoms with Gasteiger partial charge in [0.1, 0.15) is 57.5 Å². The molecule has 0 fully saturated rings. The zero-order chi connectivity index (χ0) is 104. The average Bonchev–Trinajstić information content (AvgIpc) is 0.827. The number of Topliss-reactive ketones (excluding diaryl/α,β-unsaturated/α-hetero) is 1. The lowest BCUT2D eigenvalue weighted by molar-refractivity contribution is -0.171. The highest BCUT2D eigenvalue weighted by Crippen LogP contribution is 2.29. The Morgan fingerprint density at radius 2 is 1.07 bits per heavy atom. The lowest BCUT2D eigenvalue weighted by Gasteiger charge is -2.35. The van der Waals surface area contributed by atoms with Crippen LogP contribution in [0.2, 0.25) is 19.6 Å². The van der Waals surface area contributed by atoms with E-state index in [9.17, 15) is 34.2 Å². The van der Waals surface area contributed by atoms with Gasteiger partial charge in [0.05, 0.1) is 99.8 Å². The van der Waals surface area contributed by atoms with Crippen molar-refractivity contribution in [2.75, 3.05) is 117 Å². The third-order valence-electron chi connectivity index (χ3n) is 20.1. The van der Waals surface area contributed by atoms with Crippen molar-refractivity contribution in [1.82, 2.24) is 0 Å². The van der Waals surface area contributed by atoms with E-state index in [-0.39, 0.29) is 149 Å². The molecular formula is C105H181ClO27Si. The Morgan fingerprint density at radius 1 is 0.597 bits per heavy atom. The molecule has 774 valence electrons. The first-order valence-corrected chi connectivity index (χ1v) is 50.1. The first kappa shape index (κ1) is 138. The Morgan fingerprint density at radius 3 is 1.46 bits per heavy atom. The number of ether oxygens (including phenoxy) is 16. The van der Waals surface area contributed by atoms with Gasteiger partial charge < -0.3 is 111 Å². The van der Waals surface area contributed by atoms with E-state index in [2.05, 4.69) is 97.5 Å². The van der Waals surface area contributed by atoms with Gasteiger partial charge in [-0.05, 0) is 172 Å². The summed E-state index contributed by atoms with van der Waals surface area (Å²) >= 11 is 5.01. The highest BCUT2D eigenvalue weighted by Gasteiger charge is 2.36. The van der Waals surface area contributed by atoms with Gasteiger partial charge in [-0.25, -0.2) is 9.59 Å². The van der Waals surface area contributed by atoms with Crippen molar-refractivity contribution >= 4 is 49.2 Å². The van der Waals surface area contributed by atoms with Crippen molar-refractivity contribution in [2.24, 2.45) is 35.5 Å². The molecule has 29 heteroatoms. The quantitative estimate of drug-likeness (QED) is 0.00465. The number of unbranched alkanes of at least 4 members (excludes halogenated alkanes) is 3. The number of carbonyl (C=O) groups excluding carboxylic acids is 5. The van der Waals surface area contributed by atoms with Crippen LogP contribution in [0.15, 0.2) is 188 Å². The second kappa shape index (κ2) is 90.0. The van der Waals surface area contributed by atoms with Crippen LogP contribution >= 0.6 is 11.6 Å². The van der Waals surface area contributed by atoms with Crippen LogP contribution in [0.3, 0.4) is 0 Å². The minimum atomic E-state index is -1.46. The predicted molar refractivity (Wildman–Crippen MR) is 541 cm³/mol. The molecule has 0 saturated heterocycles. The molecule has 1 aromatic carbocycles. The molecule has 0 saturated carbocycles. The van der Waals surface area contributed by atoms with E-state index in [1.165, 1.54) is 25.3 Å². The Labute approximate surface area is 814 Å². The number of rotatable bonds is 57. The van der Waals surface area contributed by atoms with Gasteiger partial charge in [-0.3, -0.25) is 9.59 Å². The average molecular weight is 1940 g/mol. The van der Waals surface area contributed by atoms with Gasteiger partial charge in [-0.15, -0.1) is 26.3 Å². The zero-order valence-electron chi connectivity index (χ0n) is 87.2. The molecular weight excluding hydrogens is 1760 g/mol. The van der Waals surface area contributed by atoms with Crippen molar-refractivity contribution in [3.05, 3.63) is 193 Å². The third kappa shape index (κ3) is 71.6. The lowest BCUT2D eigenvalue weighted by atomic mass is 9.89. The minimum Gasteiger partial charge on any atom is -0.547 e. The standard InChI is InChI=1S/C20H34O5.C20H32O5.C11H18O3.C11H20O3.C11H22O3.C10H14O3.C10H22O2Si.C7H9ClO.C5H10O2/c2*1-7-9-10-11-12-19(21)24-14-16(3)13-17(4)20(25-15-22-5)18(8-2)23-6;1-5-9(13-4)11-8(3)10(12)7(2)6-14-11;1-5-9(13-4)10-7(2)6-8(3)11(12)14-10;1-5-10(14-4)11(13)9(3)6-8(2)7-12;11-6-10(12)8-13-7-9-4-2-1-3-5-9;1-7-10(9(2)8-11-3)12-13(4,5)6;1-2-3-4-5-6-7(8)9;1-3-5(4-6)7-2/h7,11-13,17-18,20H,1,8-10,14-15H2,2-6H3;7-8,11-13,17-18,20H,1-2,9-10,14-15H2,3-6H3;6,8-9,11H,5H2,1-4H3;6-7,9-12H,5H2,1-4H3;6,9-13H,5,7H2,1-4H3;1-5,10-12H,6-8H2;7,9H,8H2,1-6H3;2,5-6H,1,3-4H2;4-5H,3H2,1-2H3/b2*12-11+,16-13-;;;8-6-;;10-7-;6-5+;/t2*17?,18-,20-;8-,9+,11+;7-,9+,10+,11?;9?,10-,11-;;;;5-/m00110...0/s1. The van der Waals surface area contributed by atoms with Crippen molar-refractivity contribution in [3.8, 4) is 0 Å². The topological polar surface area (TPSA) is 343 Å². The second-order valence-electron chi connectivity index (χ2n) is 33.0. The lowest BCUT2D eigenvalue weighted by Crippen LogP contribution is -2.41. The maximum absolute atomic E-state index is 11.7. The van der Waals surface area contributed by atoms with E-state index in [1.807, 2.05) is 137 Å². The summed E-state index contributed by atoms with van der Waals surface area (Å²) in [6.45, 7) is 56.7. The Balaban J connectivity index is -0.000000352. The summed E-state index contributed by atoms with van der Waals surface area (Å²) in [4.78, 5) is 54.9. The number of aldehydes is 1. The number of ketones is 1. The molecule has 3 rings (SSSR count). The van der Waals surface area contributed by atoms with E-state index in [0.717, 1.165) is 117 Å². The fraction of sp³-hybridized carbons (Fsp3) is 0.648. The molecule has 0 bridgehead atoms. The molecule has 0 aliphatic carbocycles. The monoisotopic (exact) mass is 1940 g/mol. The molecule has 134 heavy (non-hydrogen) atoms. The number of hydrogen-bond donors (Lipinski definition) is 5. The van der Waals surface area contributed by atoms with Crippen LogP contribution in [-0.4, -0.2) is 260 Å². The van der Waals surface area contributed by atoms with Crippen LogP contribution in [0.25, 0.3) is 0 Å². The van der Waals surface area contributed by atoms with E-state index in [1.54, 1.807) is 100 Å². The van der Waals surface area contributed by atoms with Gasteiger partial charge in [0.15, 0.2) is 12.1 Å². The minimum absolute atomic E-state index is 0.00157. The molecule has 0 radical (unpaired) electrons. The first-order valence-electron chi connectivity index (χ1n) is 46.4. The summed E-state index contributed by atoms with van der Waals surface area (Å²) in [6, 6.07) is 9.70. The predicted octanol–water partition coefficient (Wildman–Crippen LogP) is 19.3. The molecule has 6 unspecified atom stereocenters. The van der Waals surface area contributed by atoms with Gasteiger partial charge in [-0.1, -0.05) is 185 Å². The fourth-order valence-corrected chi connectivity index (χ4v) is 13.9. The maximum atomic E-state index is 11.7. The van der Waals surface area contributed by atoms with Crippen LogP contribution in [0.5, 0.6) is 0 Å². The van der Waals surface area contributed by atoms with Gasteiger partial charge in [0.25, 0.3) is 0 Å². The normalized spacial score (nSPS) is 18.7. The molecule has 0 spiro atoms. The van der Waals surface area contributed by atoms with Crippen LogP contribution in [-0.2, 0) is 111 Å². The van der Waals surface area contributed by atoms with Crippen LogP contribution in [0, 0.1) is 35.5 Å². The number of aliphatic hydroxyl groups excluding tert-OH is 5. The van der Waals surface area contributed by atoms with Crippen LogP contribution in [0.4, 0.5) is 0 Å². The molecule has 1 aromatic rings. The second-order valence-corrected chi connectivity index (χ2v) is 37.8. The zero-order valence-corrected chi connectivity index (χ0v) is 89.0. The van der Waals surface area contributed by atoms with Gasteiger partial charge in [0.2, 0.25) is 13.6 Å². The number of carbonyl (C=O) groups is 5. The SMILES string of the molecule is C/C=C(\O[Si](C)(C)C)C(C)COC.C=CCC/C=C/C(=O)Cl.C=CCC/C=C/C(=O)OC/C(C)=C\C(C)[C@H](OCOC)[C@H](C=C)OC.C=CCC/C=C/C(=O)OC/C(C)=C\C(C)[C@H](OCOC)[C@H](CC)OC.CC[C@@H](C=O)OC.CC[C@H](OC)[C@@H](O)C(C)/C=C(/C)CO.CC[C@H](OC)[C@H]1OC(O)C(C)=C[C@H]1C.CC[C@H](OC)[C@H]1OC=C(C)C(=O)[C@H]1C.OCC(O)COCc1ccccc1. The molecule has 0 aromatic heterocycles. The molecule has 19 atom stereocenters. The molecule has 2 aliphatic rings. The summed E-state index contributed by atoms with van der Waals surface area (Å²) in [5.74, 6) is 1.24. The fourth-order valence-electron chi connectivity index (χ4n) is 12.8. The summed E-state index contributed by atoms with van der Waals surface area (Å²) < 4.78 is 90.5. The molecule has 27 nitrogen and oxygen atoms in total. The molecule has 2 heterocycles. The highest BCUT2D eigenvalue weighted by molar-refractivity contribution is 6.70. The highest BCUT2D eigenvalue weighted by atomic mass is 35.5. The van der Waals surface area contributed by atoms with Gasteiger partial charge in [0, 0.05) is 111 Å². The van der Waals surface area contributed by atoms with Crippen molar-refractivity contribution in [1.29, 1.82) is 0 Å². The van der Waals surface area contributed by atoms with Gasteiger partial charge >= 0.3 is 11.9 Å². The largest absolute Gasteiger partial charge is 0.547 e. The maximum Gasteiger partial charge on any atom is 0.330 e. The number of hydrogen-bond acceptors (Lipinski definition) is 27. The third-order valence-corrected chi connectivity index (χ3v) is 21.1. The molecule has 2 aliphatic heterocycles. The van der Waals surface area contributed by atoms with Gasteiger partial charge in [-0.2, -0.15) is 0 Å². The molecule has 0 amide bonds. The van der Waals surface area contributed by atoms with Crippen LogP contribution < -0.4 is 0 Å². The Bertz CT molecular complexity index is 3420. The number of aliphatic hydroxyl groups is 5. The number of esters is 2. The first-order chi connectivity index (χ1) is 63.6. The summed E-state index contributed by atoms with van der Waals surface area (Å²) in [6.07, 6.45) is 35.1. The molecule has 5 N–H and O–H groups in total. The number of methoxy groups -OCH3 is 9. The van der Waals surface area contributed by atoms with E-state index >= 15 is 0 Å². The smallest absolute Gasteiger partial charge is 0.330 e. The summed E-state index contributed by atoms with van der Waals surface area (Å²) in [7, 11) is 13.2. The van der Waals surface area contributed by atoms with Crippen molar-refractivity contribution in [3.63, 3.8) is 0 Å². The number of allylic oxidation sites excluding steroid dienone is 9. The van der Waals surface area contributed by atoms with Crippen molar-refractivity contribution < 1.29 is 130 Å². The van der Waals surface area contributed by atoms with Crippen molar-refractivity contribution in [2.45, 2.75) is 294 Å². The van der Waals surface area contributed by atoms with E-state index < -0.39 is 32.1 Å². The summed E-state index contributed by atoms with van der Waals surface area (Å²) in [5, 5.41) is 45.3. The Kier molecular flexibility index (Phi) is 92.7. The Hall–Kier alpha value is -6.82. The number of benzene rings is 1. The summed E-state index contributed by atoms with van der Waals surface area (Å²) in [5.41, 5.74) is 5.43. The van der Waals surface area contributed by atoms with E-state index in [4.69, 9.17) is 102 Å². The van der Waals surface area contributed by atoms with E-state index in [0.29, 0.717) is 24.0 Å². The number of halogens is 1.